The smallest absolute Gasteiger partial charge is 0.417 e. The summed E-state index contributed by atoms with van der Waals surface area (Å²) < 4.78 is 38.5. The lowest BCUT2D eigenvalue weighted by atomic mass is 10.1. The number of nitrogens with zero attached hydrogens (tertiary/aromatic N) is 2. The zero-order chi connectivity index (χ0) is 14.7. The summed E-state index contributed by atoms with van der Waals surface area (Å²) in [5.41, 5.74) is -2.40. The monoisotopic (exact) mass is 274 g/mol. The first-order valence-electron chi connectivity index (χ1n) is 5.34. The van der Waals surface area contributed by atoms with Crippen LogP contribution in [0.4, 0.5) is 13.2 Å². The number of rotatable bonds is 3. The van der Waals surface area contributed by atoms with E-state index < -0.39 is 17.3 Å². The molecule has 4 nitrogen and oxygen atoms in total. The second-order valence-electron chi connectivity index (χ2n) is 4.44. The van der Waals surface area contributed by atoms with Crippen molar-refractivity contribution < 1.29 is 23.1 Å². The van der Waals surface area contributed by atoms with Crippen molar-refractivity contribution in [3.05, 3.63) is 40.6 Å². The summed E-state index contributed by atoms with van der Waals surface area (Å²) in [6, 6.07) is 4.74. The van der Waals surface area contributed by atoms with E-state index in [-0.39, 0.29) is 5.56 Å². The van der Waals surface area contributed by atoms with Crippen LogP contribution < -0.4 is 0 Å². The molecule has 0 aromatic heterocycles. The maximum Gasteiger partial charge on any atom is 0.417 e. The topological polar surface area (TPSA) is 58.7 Å². The van der Waals surface area contributed by atoms with Crippen LogP contribution in [0, 0.1) is 5.21 Å². The first kappa shape index (κ1) is 15.0. The fraction of sp³-hybridized carbons (Fsp3) is 0.333. The van der Waals surface area contributed by atoms with Crippen molar-refractivity contribution in [2.75, 3.05) is 0 Å². The van der Waals surface area contributed by atoms with Crippen LogP contribution in [0.25, 0.3) is 0 Å². The van der Waals surface area contributed by atoms with E-state index in [0.29, 0.717) is 4.74 Å². The predicted molar refractivity (Wildman–Crippen MR) is 64.6 cm³/mol. The van der Waals surface area contributed by atoms with Gasteiger partial charge in [-0.1, -0.05) is 17.3 Å². The van der Waals surface area contributed by atoms with Crippen LogP contribution >= 0.6 is 0 Å². The first-order valence-corrected chi connectivity index (χ1v) is 5.34. The van der Waals surface area contributed by atoms with Gasteiger partial charge < -0.3 is 10.4 Å². The molecule has 0 fully saturated rings. The molecule has 0 heterocycles. The molecule has 0 bridgehead atoms. The molecule has 19 heavy (non-hydrogen) atoms. The van der Waals surface area contributed by atoms with Crippen LogP contribution in [0.5, 0.6) is 0 Å². The van der Waals surface area contributed by atoms with Gasteiger partial charge in [0.2, 0.25) is 5.54 Å². The highest BCUT2D eigenvalue weighted by Crippen LogP contribution is 2.31. The van der Waals surface area contributed by atoms with Gasteiger partial charge in [-0.05, 0) is 12.1 Å². The molecule has 7 heteroatoms. The summed E-state index contributed by atoms with van der Waals surface area (Å²) in [5.74, 6) is 0. The Labute approximate surface area is 108 Å². The van der Waals surface area contributed by atoms with Gasteiger partial charge in [0, 0.05) is 13.8 Å². The van der Waals surface area contributed by atoms with Crippen molar-refractivity contribution in [3.8, 4) is 0 Å². The van der Waals surface area contributed by atoms with Crippen LogP contribution in [0.2, 0.25) is 0 Å². The van der Waals surface area contributed by atoms with Crippen molar-refractivity contribution >= 4 is 12.4 Å². The Morgan fingerprint density at radius 1 is 1.26 bits per heavy atom. The molecule has 1 aromatic carbocycles. The second-order valence-corrected chi connectivity index (χ2v) is 4.44. The maximum atomic E-state index is 12.7. The average Bonchev–Trinajstić information content (AvgIpc) is 2.28. The first-order chi connectivity index (χ1) is 8.68. The van der Waals surface area contributed by atoms with Gasteiger partial charge in [-0.3, -0.25) is 0 Å². The zero-order valence-electron chi connectivity index (χ0n) is 10.3. The molecule has 0 saturated heterocycles. The number of hydrogen-bond acceptors (Lipinski definition) is 3. The largest absolute Gasteiger partial charge is 0.623 e. The van der Waals surface area contributed by atoms with Crippen LogP contribution in [0.1, 0.15) is 25.0 Å². The molecule has 0 radical (unpaired) electrons. The van der Waals surface area contributed by atoms with Gasteiger partial charge in [-0.2, -0.15) is 13.2 Å². The Bertz CT molecular complexity index is 508. The van der Waals surface area contributed by atoms with Crippen molar-refractivity contribution in [3.63, 3.8) is 0 Å². The van der Waals surface area contributed by atoms with Gasteiger partial charge >= 0.3 is 6.18 Å². The third-order valence-corrected chi connectivity index (χ3v) is 2.46. The van der Waals surface area contributed by atoms with E-state index >= 15 is 0 Å². The second kappa shape index (κ2) is 5.29. The van der Waals surface area contributed by atoms with Crippen LogP contribution in [-0.2, 0) is 6.18 Å². The molecule has 0 aliphatic heterocycles. The standard InChI is InChI=1S/C12H13F3N2O2/c1-11(2,8-16-18)17(19)7-9-5-3-4-6-10(9)12(13,14)15/h3-8,18H,1-2H3/b16-8+,17-7-. The number of alkyl halides is 3. The van der Waals surface area contributed by atoms with E-state index in [9.17, 15) is 18.4 Å². The summed E-state index contributed by atoms with van der Waals surface area (Å²) in [5, 5.41) is 22.9. The minimum Gasteiger partial charge on any atom is -0.623 e. The molecule has 1 rings (SSSR count). The SMILES string of the molecule is CC(C)(/C=N/O)/[N+]([O-])=C/c1ccccc1C(F)(F)F. The van der Waals surface area contributed by atoms with E-state index in [1.165, 1.54) is 32.0 Å². The molecular formula is C12H13F3N2O2. The predicted octanol–water partition coefficient (Wildman–Crippen LogP) is 2.87. The fourth-order valence-electron chi connectivity index (χ4n) is 1.36. The summed E-state index contributed by atoms with van der Waals surface area (Å²) in [6.07, 6.45) is -2.78. The van der Waals surface area contributed by atoms with Crippen molar-refractivity contribution in [2.24, 2.45) is 5.16 Å². The average molecular weight is 274 g/mol. The number of hydroxylamine groups is 1. The minimum absolute atomic E-state index is 0.246. The Balaban J connectivity index is 3.26. The lowest BCUT2D eigenvalue weighted by Crippen LogP contribution is -2.35. The van der Waals surface area contributed by atoms with E-state index in [4.69, 9.17) is 5.21 Å². The lowest BCUT2D eigenvalue weighted by molar-refractivity contribution is -0.511. The van der Waals surface area contributed by atoms with Gasteiger partial charge in [0.05, 0.1) is 11.1 Å². The number of oxime groups is 1. The van der Waals surface area contributed by atoms with E-state index in [1.807, 2.05) is 0 Å². The number of benzene rings is 1. The summed E-state index contributed by atoms with van der Waals surface area (Å²) >= 11 is 0. The normalized spacial score (nSPS) is 14.1. The van der Waals surface area contributed by atoms with Gasteiger partial charge in [0.25, 0.3) is 0 Å². The fourth-order valence-corrected chi connectivity index (χ4v) is 1.36. The number of hydrogen-bond donors (Lipinski definition) is 1. The summed E-state index contributed by atoms with van der Waals surface area (Å²) in [4.78, 5) is 0. The molecule has 104 valence electrons. The van der Waals surface area contributed by atoms with E-state index in [0.717, 1.165) is 18.5 Å². The molecule has 0 amide bonds. The highest BCUT2D eigenvalue weighted by molar-refractivity contribution is 5.79. The molecule has 0 saturated carbocycles. The Morgan fingerprint density at radius 3 is 2.37 bits per heavy atom. The zero-order valence-corrected chi connectivity index (χ0v) is 10.3. The van der Waals surface area contributed by atoms with Crippen LogP contribution in [0.3, 0.4) is 0 Å². The highest BCUT2D eigenvalue weighted by Gasteiger charge is 2.34. The molecule has 0 unspecified atom stereocenters. The van der Waals surface area contributed by atoms with Crippen molar-refractivity contribution in [2.45, 2.75) is 25.6 Å². The summed E-state index contributed by atoms with van der Waals surface area (Å²) in [7, 11) is 0. The van der Waals surface area contributed by atoms with Gasteiger partial charge in [-0.15, -0.1) is 0 Å². The molecule has 1 aromatic rings. The van der Waals surface area contributed by atoms with Gasteiger partial charge in [-0.25, -0.2) is 4.74 Å². The lowest BCUT2D eigenvalue weighted by Gasteiger charge is -2.19. The van der Waals surface area contributed by atoms with Crippen molar-refractivity contribution in [1.29, 1.82) is 0 Å². The van der Waals surface area contributed by atoms with Gasteiger partial charge in [0.1, 0.15) is 6.21 Å². The van der Waals surface area contributed by atoms with E-state index in [1.54, 1.807) is 0 Å². The highest BCUT2D eigenvalue weighted by atomic mass is 19.4. The Kier molecular flexibility index (Phi) is 4.18. The van der Waals surface area contributed by atoms with E-state index in [2.05, 4.69) is 5.16 Å². The molecule has 0 aliphatic rings. The Morgan fingerprint density at radius 2 is 1.84 bits per heavy atom. The van der Waals surface area contributed by atoms with Crippen LogP contribution in [-0.4, -0.2) is 27.9 Å². The third kappa shape index (κ3) is 3.70. The van der Waals surface area contributed by atoms with Crippen molar-refractivity contribution in [1.82, 2.24) is 0 Å². The molecule has 0 aliphatic carbocycles. The van der Waals surface area contributed by atoms with Gasteiger partial charge in [0.15, 0.2) is 6.21 Å². The van der Waals surface area contributed by atoms with Crippen LogP contribution in [0.15, 0.2) is 29.4 Å². The number of halogens is 3. The maximum absolute atomic E-state index is 12.7. The summed E-state index contributed by atoms with van der Waals surface area (Å²) in [6.45, 7) is 2.82. The minimum atomic E-state index is -4.54. The third-order valence-electron chi connectivity index (χ3n) is 2.46. The molecule has 0 spiro atoms. The molecular weight excluding hydrogens is 261 g/mol. The Hall–Kier alpha value is -2.05. The quantitative estimate of drug-likeness (QED) is 0.303. The molecule has 0 atom stereocenters. The molecule has 1 N–H and O–H groups in total.